The molecule has 0 spiro atoms. The summed E-state index contributed by atoms with van der Waals surface area (Å²) in [4.78, 5) is 18.8. The lowest BCUT2D eigenvalue weighted by Gasteiger charge is -2.21. The van der Waals surface area contributed by atoms with Crippen molar-refractivity contribution in [2.24, 2.45) is 5.92 Å². The van der Waals surface area contributed by atoms with E-state index in [2.05, 4.69) is 23.1 Å². The highest BCUT2D eigenvalue weighted by molar-refractivity contribution is 5.76. The molecule has 2 atom stereocenters. The van der Waals surface area contributed by atoms with Crippen LogP contribution in [0.3, 0.4) is 0 Å². The lowest BCUT2D eigenvalue weighted by molar-refractivity contribution is -0.132. The average molecular weight is 343 g/mol. The third-order valence-electron chi connectivity index (χ3n) is 5.14. The van der Waals surface area contributed by atoms with Crippen LogP contribution < -0.4 is 0 Å². The third-order valence-corrected chi connectivity index (χ3v) is 5.14. The van der Waals surface area contributed by atoms with Gasteiger partial charge in [-0.3, -0.25) is 4.79 Å². The van der Waals surface area contributed by atoms with Gasteiger partial charge in [0.2, 0.25) is 11.8 Å². The molecular formula is C19H25N3O3. The summed E-state index contributed by atoms with van der Waals surface area (Å²) < 4.78 is 11.1. The molecule has 4 rings (SSSR count). The van der Waals surface area contributed by atoms with E-state index in [4.69, 9.17) is 8.94 Å². The predicted molar refractivity (Wildman–Crippen MR) is 90.8 cm³/mol. The van der Waals surface area contributed by atoms with Gasteiger partial charge in [0.05, 0.1) is 6.54 Å². The van der Waals surface area contributed by atoms with Gasteiger partial charge in [0.25, 0.3) is 0 Å². The molecule has 0 N–H and O–H groups in total. The molecule has 6 heteroatoms. The predicted octanol–water partition coefficient (Wildman–Crippen LogP) is 3.61. The Morgan fingerprint density at radius 3 is 2.80 bits per heavy atom. The molecule has 2 aromatic rings. The highest BCUT2D eigenvalue weighted by Crippen LogP contribution is 2.47. The molecular weight excluding hydrogens is 318 g/mol. The van der Waals surface area contributed by atoms with Gasteiger partial charge >= 0.3 is 0 Å². The van der Waals surface area contributed by atoms with Gasteiger partial charge in [-0.25, -0.2) is 0 Å². The Kier molecular flexibility index (Phi) is 4.36. The van der Waals surface area contributed by atoms with Crippen LogP contribution in [0.15, 0.2) is 21.1 Å². The van der Waals surface area contributed by atoms with Crippen LogP contribution in [-0.4, -0.2) is 27.0 Å². The summed E-state index contributed by atoms with van der Waals surface area (Å²) >= 11 is 0. The highest BCUT2D eigenvalue weighted by atomic mass is 16.5. The molecule has 2 aliphatic rings. The number of aromatic nitrogens is 2. The number of carbonyl (C=O) groups excluding carboxylic acids is 1. The fraction of sp³-hybridized carbons (Fsp3) is 0.632. The number of nitrogens with zero attached hydrogens (tertiary/aromatic N) is 3. The van der Waals surface area contributed by atoms with E-state index in [0.717, 1.165) is 36.7 Å². The summed E-state index contributed by atoms with van der Waals surface area (Å²) in [5.74, 6) is 4.73. The molecule has 0 radical (unpaired) electrons. The summed E-state index contributed by atoms with van der Waals surface area (Å²) in [7, 11) is 0. The molecule has 0 aliphatic heterocycles. The van der Waals surface area contributed by atoms with E-state index in [1.807, 2.05) is 11.0 Å². The van der Waals surface area contributed by atoms with E-state index in [1.54, 1.807) is 6.92 Å². The zero-order valence-corrected chi connectivity index (χ0v) is 14.9. The van der Waals surface area contributed by atoms with Crippen molar-refractivity contribution in [1.29, 1.82) is 0 Å². The minimum absolute atomic E-state index is 0.191. The molecule has 6 nitrogen and oxygen atoms in total. The molecule has 0 bridgehead atoms. The van der Waals surface area contributed by atoms with Crippen LogP contribution in [0.5, 0.6) is 0 Å². The summed E-state index contributed by atoms with van der Waals surface area (Å²) in [5.41, 5.74) is 0. The van der Waals surface area contributed by atoms with Crippen LogP contribution in [0.2, 0.25) is 0 Å². The van der Waals surface area contributed by atoms with Crippen LogP contribution in [-0.2, 0) is 17.8 Å². The number of hydrogen-bond acceptors (Lipinski definition) is 5. The second-order valence-corrected chi connectivity index (χ2v) is 7.47. The SMILES string of the molecule is Cc1noc(CCCC(=O)N(Cc2ccc([C@@H]3C[C@H]3C)o2)C2CC2)n1. The first-order chi connectivity index (χ1) is 12.1. The minimum Gasteiger partial charge on any atom is -0.464 e. The molecule has 0 unspecified atom stereocenters. The van der Waals surface area contributed by atoms with Crippen molar-refractivity contribution in [2.45, 2.75) is 70.9 Å². The first kappa shape index (κ1) is 16.4. The van der Waals surface area contributed by atoms with Gasteiger partial charge in [0.15, 0.2) is 5.82 Å². The molecule has 25 heavy (non-hydrogen) atoms. The van der Waals surface area contributed by atoms with E-state index in [-0.39, 0.29) is 5.91 Å². The number of furan rings is 1. The van der Waals surface area contributed by atoms with Gasteiger partial charge in [-0.2, -0.15) is 4.98 Å². The Balaban J connectivity index is 1.31. The van der Waals surface area contributed by atoms with Gasteiger partial charge in [-0.15, -0.1) is 0 Å². The van der Waals surface area contributed by atoms with Crippen LogP contribution in [0, 0.1) is 12.8 Å². The lowest BCUT2D eigenvalue weighted by atomic mass is 10.2. The molecule has 2 saturated carbocycles. The summed E-state index contributed by atoms with van der Waals surface area (Å²) in [6.07, 6.45) is 5.30. The standard InChI is InChI=1S/C19H25N3O3/c1-12-10-16(12)17-9-8-15(24-17)11-22(14-6-7-14)19(23)5-3-4-18-20-13(2)21-25-18/h8-9,12,14,16H,3-7,10-11H2,1-2H3/t12-,16-/m1/s1. The molecule has 134 valence electrons. The second kappa shape index (κ2) is 6.65. The van der Waals surface area contributed by atoms with E-state index in [0.29, 0.717) is 43.1 Å². The van der Waals surface area contributed by atoms with Crippen molar-refractivity contribution in [3.8, 4) is 0 Å². The zero-order chi connectivity index (χ0) is 17.4. The molecule has 0 aromatic carbocycles. The average Bonchev–Trinajstić information content (AvgIpc) is 3.47. The molecule has 1 amide bonds. The summed E-state index contributed by atoms with van der Waals surface area (Å²) in [6, 6.07) is 4.49. The van der Waals surface area contributed by atoms with Crippen LogP contribution in [0.4, 0.5) is 0 Å². The first-order valence-electron chi connectivity index (χ1n) is 9.27. The number of carbonyl (C=O) groups is 1. The Bertz CT molecular complexity index is 747. The first-order valence-corrected chi connectivity index (χ1v) is 9.27. The quantitative estimate of drug-likeness (QED) is 0.732. The van der Waals surface area contributed by atoms with Gasteiger partial charge in [0.1, 0.15) is 11.5 Å². The number of hydrogen-bond donors (Lipinski definition) is 0. The minimum atomic E-state index is 0.191. The normalized spacial score (nSPS) is 22.2. The van der Waals surface area contributed by atoms with Crippen LogP contribution in [0.1, 0.15) is 68.2 Å². The van der Waals surface area contributed by atoms with Crippen molar-refractivity contribution >= 4 is 5.91 Å². The zero-order valence-electron chi connectivity index (χ0n) is 14.9. The van der Waals surface area contributed by atoms with Gasteiger partial charge in [-0.1, -0.05) is 12.1 Å². The molecule has 2 aromatic heterocycles. The number of amides is 1. The second-order valence-electron chi connectivity index (χ2n) is 7.47. The van der Waals surface area contributed by atoms with Crippen molar-refractivity contribution in [1.82, 2.24) is 15.0 Å². The number of aryl methyl sites for hydroxylation is 2. The Morgan fingerprint density at radius 1 is 1.36 bits per heavy atom. The van der Waals surface area contributed by atoms with Crippen LogP contribution in [0.25, 0.3) is 0 Å². The molecule has 0 saturated heterocycles. The van der Waals surface area contributed by atoms with Crippen molar-refractivity contribution in [3.05, 3.63) is 35.4 Å². The van der Waals surface area contributed by atoms with Gasteiger partial charge < -0.3 is 13.8 Å². The molecule has 2 heterocycles. The maximum Gasteiger partial charge on any atom is 0.226 e. The Labute approximate surface area is 147 Å². The van der Waals surface area contributed by atoms with E-state index in [1.165, 1.54) is 6.42 Å². The fourth-order valence-electron chi connectivity index (χ4n) is 3.35. The van der Waals surface area contributed by atoms with Crippen molar-refractivity contribution in [3.63, 3.8) is 0 Å². The maximum atomic E-state index is 12.6. The summed E-state index contributed by atoms with van der Waals surface area (Å²) in [5, 5.41) is 3.78. The highest BCUT2D eigenvalue weighted by Gasteiger charge is 2.37. The van der Waals surface area contributed by atoms with Gasteiger partial charge in [-0.05, 0) is 50.7 Å². The summed E-state index contributed by atoms with van der Waals surface area (Å²) in [6.45, 7) is 4.63. The monoisotopic (exact) mass is 343 g/mol. The largest absolute Gasteiger partial charge is 0.464 e. The Morgan fingerprint density at radius 2 is 2.16 bits per heavy atom. The van der Waals surface area contributed by atoms with Crippen molar-refractivity contribution < 1.29 is 13.7 Å². The third kappa shape index (κ3) is 3.94. The van der Waals surface area contributed by atoms with E-state index < -0.39 is 0 Å². The smallest absolute Gasteiger partial charge is 0.226 e. The number of rotatable bonds is 8. The van der Waals surface area contributed by atoms with Crippen LogP contribution >= 0.6 is 0 Å². The fourth-order valence-corrected chi connectivity index (χ4v) is 3.35. The maximum absolute atomic E-state index is 12.6. The topological polar surface area (TPSA) is 72.4 Å². The van der Waals surface area contributed by atoms with E-state index in [9.17, 15) is 4.79 Å². The lowest BCUT2D eigenvalue weighted by Crippen LogP contribution is -2.32. The Hall–Kier alpha value is -2.11. The molecule has 2 fully saturated rings. The molecule has 2 aliphatic carbocycles. The van der Waals surface area contributed by atoms with Gasteiger partial charge in [0, 0.05) is 24.8 Å². The van der Waals surface area contributed by atoms with Crippen molar-refractivity contribution in [2.75, 3.05) is 0 Å². The van der Waals surface area contributed by atoms with E-state index >= 15 is 0 Å².